The minimum atomic E-state index is 0.0438. The lowest BCUT2D eigenvalue weighted by atomic mass is 9.99. The number of carbonyl (C=O) groups is 1. The van der Waals surface area contributed by atoms with E-state index in [0.29, 0.717) is 5.91 Å². The van der Waals surface area contributed by atoms with E-state index in [2.05, 4.69) is 10.1 Å². The third-order valence-corrected chi connectivity index (χ3v) is 5.53. The second-order valence-electron chi connectivity index (χ2n) is 7.17. The Hall–Kier alpha value is -1.40. The zero-order valence-electron chi connectivity index (χ0n) is 14.0. The van der Waals surface area contributed by atoms with Crippen LogP contribution in [0.5, 0.6) is 0 Å². The fourth-order valence-corrected chi connectivity index (χ4v) is 4.25. The number of likely N-dealkylation sites (tertiary alicyclic amines) is 2. The van der Waals surface area contributed by atoms with Crippen LogP contribution < -0.4 is 0 Å². The van der Waals surface area contributed by atoms with E-state index >= 15 is 0 Å². The van der Waals surface area contributed by atoms with Gasteiger partial charge in [-0.15, -0.1) is 0 Å². The van der Waals surface area contributed by atoms with Gasteiger partial charge in [0.2, 0.25) is 5.91 Å². The van der Waals surface area contributed by atoms with Gasteiger partial charge < -0.3 is 14.2 Å². The van der Waals surface area contributed by atoms with Crippen molar-refractivity contribution < 1.29 is 14.1 Å². The summed E-state index contributed by atoms with van der Waals surface area (Å²) in [5.41, 5.74) is 2.14. The van der Waals surface area contributed by atoms with Gasteiger partial charge in [-0.25, -0.2) is 0 Å². The number of aromatic nitrogens is 1. The first-order chi connectivity index (χ1) is 11.1. The van der Waals surface area contributed by atoms with Crippen LogP contribution in [-0.4, -0.2) is 59.3 Å². The normalized spacial score (nSPS) is 31.0. The molecule has 3 saturated heterocycles. The number of hydrogen-bond acceptors (Lipinski definition) is 5. The molecule has 3 unspecified atom stereocenters. The summed E-state index contributed by atoms with van der Waals surface area (Å²) in [6, 6.07) is 0. The predicted molar refractivity (Wildman–Crippen MR) is 83.8 cm³/mol. The maximum absolute atomic E-state index is 12.7. The van der Waals surface area contributed by atoms with Gasteiger partial charge in [-0.1, -0.05) is 5.16 Å². The quantitative estimate of drug-likeness (QED) is 0.845. The molecule has 1 aromatic rings. The zero-order chi connectivity index (χ0) is 16.0. The highest BCUT2D eigenvalue weighted by Gasteiger charge is 2.46. The lowest BCUT2D eigenvalue weighted by Gasteiger charge is -2.33. The number of rotatable bonds is 3. The van der Waals surface area contributed by atoms with Gasteiger partial charge in [0.15, 0.2) is 0 Å². The van der Waals surface area contributed by atoms with Crippen LogP contribution in [0.25, 0.3) is 0 Å². The maximum Gasteiger partial charge on any atom is 0.228 e. The van der Waals surface area contributed by atoms with Crippen molar-refractivity contribution in [3.8, 4) is 0 Å². The molecule has 3 aliphatic heterocycles. The molecule has 126 valence electrons. The van der Waals surface area contributed by atoms with Gasteiger partial charge in [-0.2, -0.15) is 0 Å². The average molecular weight is 319 g/mol. The van der Waals surface area contributed by atoms with E-state index in [-0.39, 0.29) is 18.1 Å². The van der Waals surface area contributed by atoms with Crippen LogP contribution in [0.1, 0.15) is 36.3 Å². The van der Waals surface area contributed by atoms with Gasteiger partial charge in [0.25, 0.3) is 0 Å². The summed E-state index contributed by atoms with van der Waals surface area (Å²) >= 11 is 0. The van der Waals surface area contributed by atoms with E-state index in [4.69, 9.17) is 9.26 Å². The third kappa shape index (κ3) is 2.78. The molecule has 0 spiro atoms. The van der Waals surface area contributed by atoms with Crippen LogP contribution in [0.3, 0.4) is 0 Å². The molecule has 3 aliphatic rings. The molecule has 6 nitrogen and oxygen atoms in total. The van der Waals surface area contributed by atoms with E-state index in [0.717, 1.165) is 63.4 Å². The summed E-state index contributed by atoms with van der Waals surface area (Å²) in [5, 5.41) is 4.04. The molecule has 1 amide bonds. The van der Waals surface area contributed by atoms with E-state index < -0.39 is 0 Å². The Morgan fingerprint density at radius 3 is 2.74 bits per heavy atom. The molecule has 3 fully saturated rings. The molecule has 3 atom stereocenters. The molecule has 1 aromatic heterocycles. The van der Waals surface area contributed by atoms with Crippen molar-refractivity contribution in [2.45, 2.75) is 51.9 Å². The molecule has 4 heterocycles. The van der Waals surface area contributed by atoms with Crippen LogP contribution in [0, 0.1) is 19.8 Å². The summed E-state index contributed by atoms with van der Waals surface area (Å²) in [7, 11) is 0. The Balaban J connectivity index is 1.43. The van der Waals surface area contributed by atoms with Crippen molar-refractivity contribution >= 4 is 5.91 Å². The van der Waals surface area contributed by atoms with Gasteiger partial charge in [0.1, 0.15) is 5.76 Å². The predicted octanol–water partition coefficient (Wildman–Crippen LogP) is 1.50. The van der Waals surface area contributed by atoms with E-state index in [1.54, 1.807) is 0 Å². The number of amides is 1. The number of hydrogen-bond donors (Lipinski definition) is 0. The Morgan fingerprint density at radius 1 is 1.26 bits per heavy atom. The fourth-order valence-electron chi connectivity index (χ4n) is 4.25. The lowest BCUT2D eigenvalue weighted by Crippen LogP contribution is -2.45. The second-order valence-corrected chi connectivity index (χ2v) is 7.17. The Bertz CT molecular complexity index is 574. The molecular formula is C17H25N3O3. The topological polar surface area (TPSA) is 58.8 Å². The molecular weight excluding hydrogens is 294 g/mol. The molecule has 0 saturated carbocycles. The van der Waals surface area contributed by atoms with Crippen molar-refractivity contribution in [2.75, 3.05) is 26.2 Å². The fraction of sp³-hybridized carbons (Fsp3) is 0.765. The van der Waals surface area contributed by atoms with Crippen LogP contribution in [-0.2, 0) is 16.1 Å². The van der Waals surface area contributed by atoms with Crippen LogP contribution in [0.15, 0.2) is 4.52 Å². The molecule has 6 heteroatoms. The standard InChI is InChI=1S/C17H25N3O3/c1-11-15(12(2)23-18-11)9-19-8-13-7-14(16(10-19)22-13)17(21)20-5-3-4-6-20/h13-14,16H,3-10H2,1-2H3. The van der Waals surface area contributed by atoms with Gasteiger partial charge in [0.05, 0.1) is 23.8 Å². The number of aryl methyl sites for hydroxylation is 2. The van der Waals surface area contributed by atoms with E-state index in [1.807, 2.05) is 18.7 Å². The molecule has 0 aromatic carbocycles. The van der Waals surface area contributed by atoms with E-state index in [9.17, 15) is 4.79 Å². The number of nitrogens with zero attached hydrogens (tertiary/aromatic N) is 3. The third-order valence-electron chi connectivity index (χ3n) is 5.53. The summed E-state index contributed by atoms with van der Waals surface area (Å²) in [6.07, 6.45) is 3.39. The van der Waals surface area contributed by atoms with Gasteiger partial charge in [0, 0.05) is 38.3 Å². The van der Waals surface area contributed by atoms with Crippen molar-refractivity contribution in [2.24, 2.45) is 5.92 Å². The van der Waals surface area contributed by atoms with Crippen LogP contribution in [0.4, 0.5) is 0 Å². The Morgan fingerprint density at radius 2 is 2.04 bits per heavy atom. The maximum atomic E-state index is 12.7. The lowest BCUT2D eigenvalue weighted by molar-refractivity contribution is -0.137. The van der Waals surface area contributed by atoms with Gasteiger partial charge >= 0.3 is 0 Å². The number of morpholine rings is 1. The molecule has 0 radical (unpaired) electrons. The zero-order valence-corrected chi connectivity index (χ0v) is 14.0. The average Bonchev–Trinajstić information content (AvgIpc) is 3.23. The van der Waals surface area contributed by atoms with E-state index in [1.165, 1.54) is 5.56 Å². The van der Waals surface area contributed by atoms with Crippen molar-refractivity contribution in [1.82, 2.24) is 15.0 Å². The Labute approximate surface area is 136 Å². The van der Waals surface area contributed by atoms with Crippen molar-refractivity contribution in [3.05, 3.63) is 17.0 Å². The largest absolute Gasteiger partial charge is 0.371 e. The minimum Gasteiger partial charge on any atom is -0.371 e. The smallest absolute Gasteiger partial charge is 0.228 e. The Kier molecular flexibility index (Phi) is 3.89. The summed E-state index contributed by atoms with van der Waals surface area (Å²) < 4.78 is 11.3. The first-order valence-electron chi connectivity index (χ1n) is 8.70. The van der Waals surface area contributed by atoms with Crippen molar-refractivity contribution in [3.63, 3.8) is 0 Å². The summed E-state index contributed by atoms with van der Waals surface area (Å²) in [5.74, 6) is 1.26. The van der Waals surface area contributed by atoms with Crippen molar-refractivity contribution in [1.29, 1.82) is 0 Å². The number of carbonyl (C=O) groups excluding carboxylic acids is 1. The molecule has 2 bridgehead atoms. The highest BCUT2D eigenvalue weighted by molar-refractivity contribution is 5.80. The molecule has 4 rings (SSSR count). The number of ether oxygens (including phenoxy) is 1. The first-order valence-corrected chi connectivity index (χ1v) is 8.70. The highest BCUT2D eigenvalue weighted by Crippen LogP contribution is 2.34. The SMILES string of the molecule is Cc1noc(C)c1CN1CC2CC(C(=O)N3CCCC3)C(C1)O2. The van der Waals surface area contributed by atoms with Crippen LogP contribution in [0.2, 0.25) is 0 Å². The highest BCUT2D eigenvalue weighted by atomic mass is 16.5. The molecule has 0 N–H and O–H groups in total. The number of fused-ring (bicyclic) bond motifs is 2. The van der Waals surface area contributed by atoms with Gasteiger partial charge in [-0.05, 0) is 33.1 Å². The summed E-state index contributed by atoms with van der Waals surface area (Å²) in [6.45, 7) is 8.35. The monoisotopic (exact) mass is 319 g/mol. The molecule has 0 aliphatic carbocycles. The minimum absolute atomic E-state index is 0.0438. The first kappa shape index (κ1) is 15.1. The molecule has 23 heavy (non-hydrogen) atoms. The van der Waals surface area contributed by atoms with Crippen LogP contribution >= 0.6 is 0 Å². The van der Waals surface area contributed by atoms with Gasteiger partial charge in [-0.3, -0.25) is 9.69 Å². The summed E-state index contributed by atoms with van der Waals surface area (Å²) in [4.78, 5) is 17.2. The second kappa shape index (κ2) is 5.91.